The molecule has 2 aliphatic heterocycles. The molecule has 0 aliphatic carbocycles. The molecule has 0 radical (unpaired) electrons. The SMILES string of the molecule is CC.CCCCC1(CCCC)CCc2cc(N(C)C)ccc2SC1.CCC[N+]1(CCCCOc2ccccc2)CCN(C)CC1.Cc1ccc(SO)cc1. The van der Waals surface area contributed by atoms with Crippen LogP contribution in [0.25, 0.3) is 0 Å². The zero-order chi connectivity index (χ0) is 39.7. The van der Waals surface area contributed by atoms with Crippen LogP contribution in [0, 0.1) is 12.3 Å². The molecule has 1 saturated heterocycles. The number of hydrogen-bond donors (Lipinski definition) is 1. The minimum Gasteiger partial charge on any atom is -0.494 e. The minimum absolute atomic E-state index is 0.577. The normalized spacial score (nSPS) is 15.8. The van der Waals surface area contributed by atoms with Crippen LogP contribution in [0.5, 0.6) is 5.75 Å². The molecule has 2 aliphatic rings. The van der Waals surface area contributed by atoms with Crippen LogP contribution in [0.1, 0.15) is 110 Å². The van der Waals surface area contributed by atoms with Crippen LogP contribution in [0.15, 0.2) is 82.6 Å². The van der Waals surface area contributed by atoms with Crippen molar-refractivity contribution in [3.05, 3.63) is 83.9 Å². The summed E-state index contributed by atoms with van der Waals surface area (Å²) < 4.78 is 15.7. The Morgan fingerprint density at radius 1 is 0.833 bits per heavy atom. The summed E-state index contributed by atoms with van der Waals surface area (Å²) in [6, 6.07) is 24.9. The Bertz CT molecular complexity index is 1350. The largest absolute Gasteiger partial charge is 0.494 e. The average Bonchev–Trinajstić information content (AvgIpc) is 3.39. The maximum Gasteiger partial charge on any atom is 0.119 e. The third kappa shape index (κ3) is 17.7. The Balaban J connectivity index is 0.000000294. The van der Waals surface area contributed by atoms with E-state index in [9.17, 15) is 0 Å². The first-order chi connectivity index (χ1) is 26.2. The summed E-state index contributed by atoms with van der Waals surface area (Å²) in [7, 11) is 6.52. The van der Waals surface area contributed by atoms with Crippen molar-refractivity contribution in [2.75, 3.05) is 77.7 Å². The molecule has 7 heteroatoms. The lowest BCUT2D eigenvalue weighted by molar-refractivity contribution is -0.932. The number of rotatable bonds is 16. The second kappa shape index (κ2) is 27.4. The number of quaternary nitrogens is 1. The summed E-state index contributed by atoms with van der Waals surface area (Å²) in [6.45, 7) is 21.6. The average molecular weight is 781 g/mol. The highest BCUT2D eigenvalue weighted by Gasteiger charge is 2.32. The molecule has 2 heterocycles. The number of unbranched alkanes of at least 4 members (excludes halogenated alkanes) is 3. The number of fused-ring (bicyclic) bond motifs is 1. The van der Waals surface area contributed by atoms with Gasteiger partial charge in [0.2, 0.25) is 0 Å². The third-order valence-corrected chi connectivity index (χ3v) is 12.9. The molecule has 3 aromatic carbocycles. The van der Waals surface area contributed by atoms with E-state index in [0.717, 1.165) is 35.7 Å². The van der Waals surface area contributed by atoms with Crippen molar-refractivity contribution in [2.24, 2.45) is 5.41 Å². The van der Waals surface area contributed by atoms with E-state index < -0.39 is 0 Å². The van der Waals surface area contributed by atoms with Crippen LogP contribution in [0.2, 0.25) is 0 Å². The maximum absolute atomic E-state index is 8.55. The Morgan fingerprint density at radius 2 is 1.48 bits per heavy atom. The van der Waals surface area contributed by atoms with E-state index in [4.69, 9.17) is 9.29 Å². The van der Waals surface area contributed by atoms with Crippen molar-refractivity contribution < 1.29 is 13.8 Å². The van der Waals surface area contributed by atoms with E-state index in [2.05, 4.69) is 81.7 Å². The predicted octanol–water partition coefficient (Wildman–Crippen LogP) is 12.8. The first kappa shape index (κ1) is 48.0. The summed E-state index contributed by atoms with van der Waals surface area (Å²) in [4.78, 5) is 7.10. The Labute approximate surface area is 341 Å². The highest BCUT2D eigenvalue weighted by Crippen LogP contribution is 2.45. The lowest BCUT2D eigenvalue weighted by atomic mass is 9.75. The molecule has 1 N–H and O–H groups in total. The Hall–Kier alpha value is -2.16. The monoisotopic (exact) mass is 781 g/mol. The molecule has 54 heavy (non-hydrogen) atoms. The van der Waals surface area contributed by atoms with Gasteiger partial charge in [-0.3, -0.25) is 4.90 Å². The summed E-state index contributed by atoms with van der Waals surface area (Å²) in [5.41, 5.74) is 4.71. The third-order valence-electron chi connectivity index (χ3n) is 10.9. The van der Waals surface area contributed by atoms with E-state index in [-0.39, 0.29) is 0 Å². The van der Waals surface area contributed by atoms with Crippen molar-refractivity contribution in [3.63, 3.8) is 0 Å². The summed E-state index contributed by atoms with van der Waals surface area (Å²) in [5, 5.41) is 0. The number of aryl methyl sites for hydroxylation is 2. The van der Waals surface area contributed by atoms with Gasteiger partial charge in [0.1, 0.15) is 5.75 Å². The summed E-state index contributed by atoms with van der Waals surface area (Å²) in [6.07, 6.45) is 14.7. The van der Waals surface area contributed by atoms with Crippen LogP contribution in [0.3, 0.4) is 0 Å². The molecule has 3 aromatic rings. The highest BCUT2D eigenvalue weighted by molar-refractivity contribution is 7.99. The summed E-state index contributed by atoms with van der Waals surface area (Å²) >= 11 is 2.90. The fourth-order valence-corrected chi connectivity index (χ4v) is 9.05. The Morgan fingerprint density at radius 3 is 2.06 bits per heavy atom. The van der Waals surface area contributed by atoms with Crippen LogP contribution >= 0.6 is 23.8 Å². The summed E-state index contributed by atoms with van der Waals surface area (Å²) in [5.74, 6) is 2.32. The second-order valence-corrected chi connectivity index (χ2v) is 17.2. The number of hydrogen-bond acceptors (Lipinski definition) is 6. The molecule has 0 spiro atoms. The van der Waals surface area contributed by atoms with Gasteiger partial charge >= 0.3 is 0 Å². The molecular weight excluding hydrogens is 703 g/mol. The van der Waals surface area contributed by atoms with Crippen molar-refractivity contribution in [1.29, 1.82) is 0 Å². The van der Waals surface area contributed by atoms with Crippen LogP contribution in [-0.2, 0) is 6.42 Å². The molecule has 0 atom stereocenters. The van der Waals surface area contributed by atoms with Gasteiger partial charge in [0.05, 0.1) is 32.8 Å². The van der Waals surface area contributed by atoms with E-state index in [0.29, 0.717) is 5.41 Å². The van der Waals surface area contributed by atoms with Gasteiger partial charge in [-0.05, 0) is 112 Å². The van der Waals surface area contributed by atoms with Crippen molar-refractivity contribution in [3.8, 4) is 5.75 Å². The van der Waals surface area contributed by atoms with Gasteiger partial charge in [-0.2, -0.15) is 0 Å². The number of benzene rings is 3. The number of likely N-dealkylation sites (N-methyl/N-ethyl adjacent to an activating group) is 1. The van der Waals surface area contributed by atoms with Crippen molar-refractivity contribution >= 4 is 29.5 Å². The van der Waals surface area contributed by atoms with Gasteiger partial charge < -0.3 is 18.7 Å². The topological polar surface area (TPSA) is 35.9 Å². The second-order valence-electron chi connectivity index (χ2n) is 15.5. The molecule has 0 unspecified atom stereocenters. The quantitative estimate of drug-likeness (QED) is 0.0886. The highest BCUT2D eigenvalue weighted by atomic mass is 32.2. The van der Waals surface area contributed by atoms with Crippen LogP contribution in [-0.4, -0.2) is 86.7 Å². The first-order valence-electron chi connectivity index (χ1n) is 21.2. The molecule has 5 nitrogen and oxygen atoms in total. The molecule has 0 aromatic heterocycles. The van der Waals surface area contributed by atoms with E-state index in [1.54, 1.807) is 5.56 Å². The molecule has 0 amide bonds. The molecule has 0 saturated carbocycles. The lowest BCUT2D eigenvalue weighted by Gasteiger charge is -2.44. The predicted molar refractivity (Wildman–Crippen MR) is 241 cm³/mol. The number of ether oxygens (including phenoxy) is 1. The number of para-hydroxylation sites is 1. The molecular formula is C47H78N3O2S2+. The molecule has 1 fully saturated rings. The smallest absolute Gasteiger partial charge is 0.119 e. The standard InChI is InChI=1S/C20H33NS.C18H31N2O.C7H8OS.C2H6/c1-5-7-12-20(13-8-6-2)14-11-17-15-18(21(3)4)9-10-19(17)22-16-20;1-3-13-20(15-11-19(2)12-16-20)14-7-8-17-21-18-9-5-4-6-10-18;1-6-2-4-7(9-8)5-3-6;1-2/h9-10,15H,5-8,11-14,16H2,1-4H3;4-6,9-10H,3,7-8,11-17H2,1-2H3;2-5,8H,1H3;1-2H3/q;+1;;. The molecule has 5 rings (SSSR count). The van der Waals surface area contributed by atoms with Crippen LogP contribution in [0.4, 0.5) is 5.69 Å². The fraction of sp³-hybridized carbons (Fsp3) is 0.617. The maximum atomic E-state index is 8.55. The molecule has 304 valence electrons. The number of anilines is 1. The van der Waals surface area contributed by atoms with Crippen molar-refractivity contribution in [1.82, 2.24) is 4.90 Å². The van der Waals surface area contributed by atoms with Gasteiger partial charge in [-0.15, -0.1) is 11.8 Å². The fourth-order valence-electron chi connectivity index (χ4n) is 7.38. The van der Waals surface area contributed by atoms with Crippen molar-refractivity contribution in [2.45, 2.75) is 122 Å². The first-order valence-corrected chi connectivity index (χ1v) is 23.0. The van der Waals surface area contributed by atoms with Gasteiger partial charge in [-0.25, -0.2) is 0 Å². The van der Waals surface area contributed by atoms with Gasteiger partial charge in [-0.1, -0.05) is 96.2 Å². The number of piperazine rings is 1. The van der Waals surface area contributed by atoms with Gasteiger partial charge in [0.25, 0.3) is 0 Å². The minimum atomic E-state index is 0.577. The van der Waals surface area contributed by atoms with E-state index in [1.165, 1.54) is 130 Å². The van der Waals surface area contributed by atoms with Gasteiger partial charge in [0.15, 0.2) is 0 Å². The lowest BCUT2D eigenvalue weighted by Crippen LogP contribution is -2.59. The number of thioether (sulfide) groups is 1. The zero-order valence-corrected chi connectivity index (χ0v) is 37.5. The number of nitrogens with zero attached hydrogens (tertiary/aromatic N) is 3. The van der Waals surface area contributed by atoms with Gasteiger partial charge in [0, 0.05) is 60.5 Å². The molecule has 0 bridgehead atoms. The van der Waals surface area contributed by atoms with E-state index in [1.807, 2.05) is 75.4 Å². The van der Waals surface area contributed by atoms with E-state index >= 15 is 0 Å². The Kier molecular flexibility index (Phi) is 24.4. The van der Waals surface area contributed by atoms with Crippen LogP contribution < -0.4 is 9.64 Å². The zero-order valence-electron chi connectivity index (χ0n) is 35.9.